The van der Waals surface area contributed by atoms with Crippen LogP contribution in [0.2, 0.25) is 0 Å². The van der Waals surface area contributed by atoms with Gasteiger partial charge in [-0.1, -0.05) is 54.1 Å². The number of rotatable bonds is 9. The minimum Gasteiger partial charge on any atom is -0.486 e. The molecular weight excluding hydrogens is 428 g/mol. The zero-order valence-electron chi connectivity index (χ0n) is 17.9. The molecule has 168 valence electrons. The average Bonchev–Trinajstić information content (AvgIpc) is 2.80. The van der Waals surface area contributed by atoms with Gasteiger partial charge in [-0.25, -0.2) is 0 Å². The third-order valence-corrected chi connectivity index (χ3v) is 6.41. The Labute approximate surface area is 188 Å². The first kappa shape index (κ1) is 22.3. The van der Waals surface area contributed by atoms with Gasteiger partial charge in [0.2, 0.25) is 0 Å². The molecule has 1 aliphatic rings. The molecule has 6 nitrogen and oxygen atoms in total. The Bertz CT molecular complexity index is 1130. The van der Waals surface area contributed by atoms with Gasteiger partial charge in [0.05, 0.1) is 24.7 Å². The van der Waals surface area contributed by atoms with Crippen LogP contribution in [0, 0.1) is 6.92 Å². The molecule has 0 aromatic heterocycles. The minimum absolute atomic E-state index is 0.0411. The fourth-order valence-electron chi connectivity index (χ4n) is 3.32. The molecule has 0 spiro atoms. The monoisotopic (exact) mass is 454 g/mol. The van der Waals surface area contributed by atoms with Crippen LogP contribution in [0.3, 0.4) is 0 Å². The Balaban J connectivity index is 1.29. The van der Waals surface area contributed by atoms with Gasteiger partial charge in [-0.15, -0.1) is 0 Å². The second-order valence-electron chi connectivity index (χ2n) is 7.67. The van der Waals surface area contributed by atoms with Crippen LogP contribution in [0.15, 0.2) is 77.7 Å². The van der Waals surface area contributed by atoms with Crippen molar-refractivity contribution in [2.75, 3.05) is 19.8 Å². The van der Waals surface area contributed by atoms with Crippen molar-refractivity contribution in [3.05, 3.63) is 89.5 Å². The molecule has 3 aromatic rings. The first-order chi connectivity index (χ1) is 15.5. The number of fused-ring (bicyclic) bond motifs is 1. The molecule has 0 unspecified atom stereocenters. The topological polar surface area (TPSA) is 71.1 Å². The molecule has 1 atom stereocenters. The van der Waals surface area contributed by atoms with Crippen molar-refractivity contribution >= 4 is 10.1 Å². The summed E-state index contributed by atoms with van der Waals surface area (Å²) in [6.07, 6.45) is 0.219. The summed E-state index contributed by atoms with van der Waals surface area (Å²) >= 11 is 0. The van der Waals surface area contributed by atoms with Gasteiger partial charge in [-0.3, -0.25) is 4.18 Å². The minimum atomic E-state index is -3.78. The van der Waals surface area contributed by atoms with Crippen LogP contribution in [0.25, 0.3) is 0 Å². The predicted octanol–water partition coefficient (Wildman–Crippen LogP) is 4.30. The van der Waals surface area contributed by atoms with Gasteiger partial charge in [0.1, 0.15) is 6.61 Å². The maximum atomic E-state index is 12.3. The van der Waals surface area contributed by atoms with E-state index in [4.69, 9.17) is 18.4 Å². The lowest BCUT2D eigenvalue weighted by molar-refractivity contribution is 0.00266. The van der Waals surface area contributed by atoms with Crippen molar-refractivity contribution in [1.82, 2.24) is 0 Å². The number of benzene rings is 3. The summed E-state index contributed by atoms with van der Waals surface area (Å²) in [7, 11) is -3.78. The summed E-state index contributed by atoms with van der Waals surface area (Å²) in [5, 5.41) is 0. The second kappa shape index (κ2) is 10.2. The smallest absolute Gasteiger partial charge is 0.296 e. The third kappa shape index (κ3) is 5.88. The van der Waals surface area contributed by atoms with Gasteiger partial charge in [-0.05, 0) is 48.7 Å². The highest BCUT2D eigenvalue weighted by molar-refractivity contribution is 7.86. The van der Waals surface area contributed by atoms with E-state index in [-0.39, 0.29) is 17.6 Å². The van der Waals surface area contributed by atoms with Crippen molar-refractivity contribution in [3.63, 3.8) is 0 Å². The standard InChI is InChI=1S/C25H26O6S/c1-19-7-10-23(11-8-19)32(26,27)30-14-13-20-9-12-24-25(15-20)31-22(18-29-24)17-28-16-21-5-3-2-4-6-21/h2-12,15,22H,13-14,16-18H2,1H3/t22-/m0/s1. The SMILES string of the molecule is Cc1ccc(S(=O)(=O)OCCc2ccc3c(c2)O[C@@H](COCc2ccccc2)CO3)cc1. The number of ether oxygens (including phenoxy) is 3. The molecule has 1 aliphatic heterocycles. The van der Waals surface area contributed by atoms with E-state index in [0.29, 0.717) is 37.7 Å². The van der Waals surface area contributed by atoms with Crippen LogP contribution in [-0.4, -0.2) is 34.3 Å². The van der Waals surface area contributed by atoms with E-state index in [0.717, 1.165) is 16.7 Å². The summed E-state index contributed by atoms with van der Waals surface area (Å²) in [5.41, 5.74) is 2.99. The molecule has 0 bridgehead atoms. The lowest BCUT2D eigenvalue weighted by Crippen LogP contribution is -2.33. The van der Waals surface area contributed by atoms with E-state index in [1.807, 2.05) is 55.5 Å². The Morgan fingerprint density at radius 1 is 0.938 bits per heavy atom. The Kier molecular flexibility index (Phi) is 7.09. The first-order valence-electron chi connectivity index (χ1n) is 10.5. The van der Waals surface area contributed by atoms with Gasteiger partial charge in [0, 0.05) is 0 Å². The maximum Gasteiger partial charge on any atom is 0.296 e. The Morgan fingerprint density at radius 2 is 1.72 bits per heavy atom. The van der Waals surface area contributed by atoms with Crippen LogP contribution >= 0.6 is 0 Å². The van der Waals surface area contributed by atoms with Crippen LogP contribution in [0.4, 0.5) is 0 Å². The first-order valence-corrected chi connectivity index (χ1v) is 11.9. The molecule has 0 fully saturated rings. The summed E-state index contributed by atoms with van der Waals surface area (Å²) in [4.78, 5) is 0.156. The van der Waals surface area contributed by atoms with Crippen LogP contribution in [-0.2, 0) is 32.1 Å². The van der Waals surface area contributed by atoms with E-state index < -0.39 is 10.1 Å². The summed E-state index contributed by atoms with van der Waals surface area (Å²) in [5.74, 6) is 1.30. The van der Waals surface area contributed by atoms with Crippen molar-refractivity contribution in [3.8, 4) is 11.5 Å². The van der Waals surface area contributed by atoms with Crippen molar-refractivity contribution in [2.24, 2.45) is 0 Å². The van der Waals surface area contributed by atoms with E-state index in [2.05, 4.69) is 0 Å². The molecule has 0 saturated heterocycles. The highest BCUT2D eigenvalue weighted by atomic mass is 32.2. The van der Waals surface area contributed by atoms with Crippen molar-refractivity contribution < 1.29 is 26.8 Å². The molecule has 7 heteroatoms. The third-order valence-electron chi connectivity index (χ3n) is 5.08. The van der Waals surface area contributed by atoms with Crippen molar-refractivity contribution in [1.29, 1.82) is 0 Å². The molecule has 0 N–H and O–H groups in total. The molecule has 0 radical (unpaired) electrons. The highest BCUT2D eigenvalue weighted by Gasteiger charge is 2.22. The Morgan fingerprint density at radius 3 is 2.50 bits per heavy atom. The molecule has 32 heavy (non-hydrogen) atoms. The van der Waals surface area contributed by atoms with Crippen LogP contribution < -0.4 is 9.47 Å². The molecule has 0 aliphatic carbocycles. The van der Waals surface area contributed by atoms with Gasteiger partial charge >= 0.3 is 0 Å². The van der Waals surface area contributed by atoms with Crippen LogP contribution in [0.5, 0.6) is 11.5 Å². The molecule has 1 heterocycles. The highest BCUT2D eigenvalue weighted by Crippen LogP contribution is 2.33. The van der Waals surface area contributed by atoms with Gasteiger partial charge in [-0.2, -0.15) is 8.42 Å². The lowest BCUT2D eigenvalue weighted by atomic mass is 10.1. The normalized spacial score (nSPS) is 15.5. The summed E-state index contributed by atoms with van der Waals surface area (Å²) < 4.78 is 47.4. The Hall–Kier alpha value is -2.87. The maximum absolute atomic E-state index is 12.3. The van der Waals surface area contributed by atoms with Gasteiger partial charge in [0.15, 0.2) is 17.6 Å². The van der Waals surface area contributed by atoms with E-state index >= 15 is 0 Å². The zero-order chi connectivity index (χ0) is 22.4. The molecule has 4 rings (SSSR count). The van der Waals surface area contributed by atoms with Gasteiger partial charge < -0.3 is 14.2 Å². The lowest BCUT2D eigenvalue weighted by Gasteiger charge is -2.26. The van der Waals surface area contributed by atoms with E-state index in [9.17, 15) is 8.42 Å². The second-order valence-corrected chi connectivity index (χ2v) is 9.29. The number of aryl methyl sites for hydroxylation is 1. The van der Waals surface area contributed by atoms with E-state index in [1.165, 1.54) is 0 Å². The average molecular weight is 455 g/mol. The zero-order valence-corrected chi connectivity index (χ0v) is 18.7. The quantitative estimate of drug-likeness (QED) is 0.449. The van der Waals surface area contributed by atoms with Crippen LogP contribution in [0.1, 0.15) is 16.7 Å². The van der Waals surface area contributed by atoms with Crippen molar-refractivity contribution in [2.45, 2.75) is 31.0 Å². The number of hydrogen-bond donors (Lipinski definition) is 0. The molecule has 0 saturated carbocycles. The molecular formula is C25H26O6S. The van der Waals surface area contributed by atoms with E-state index in [1.54, 1.807) is 24.3 Å². The fourth-order valence-corrected chi connectivity index (χ4v) is 4.23. The predicted molar refractivity (Wildman–Crippen MR) is 120 cm³/mol. The van der Waals surface area contributed by atoms with Gasteiger partial charge in [0.25, 0.3) is 10.1 Å². The summed E-state index contributed by atoms with van der Waals surface area (Å²) in [6.45, 7) is 3.29. The number of hydrogen-bond acceptors (Lipinski definition) is 6. The largest absolute Gasteiger partial charge is 0.486 e. The molecule has 3 aromatic carbocycles. The fraction of sp³-hybridized carbons (Fsp3) is 0.280. The summed E-state index contributed by atoms with van der Waals surface area (Å²) in [6, 6.07) is 22.1. The molecule has 0 amide bonds.